The van der Waals surface area contributed by atoms with Crippen molar-refractivity contribution < 1.29 is 9.59 Å². The Morgan fingerprint density at radius 2 is 2.36 bits per heavy atom. The van der Waals surface area contributed by atoms with Gasteiger partial charge in [-0.25, -0.2) is 4.79 Å². The standard InChI is InChI=1S/C9H10N2O2S/c12-8-5-11(9(13)10-8)3-1-7-2-4-14-6-7/h2,4,6H,1,3,5H2,(H,10,12,13). The van der Waals surface area contributed by atoms with Crippen LogP contribution < -0.4 is 5.32 Å². The van der Waals surface area contributed by atoms with Crippen molar-refractivity contribution in [1.29, 1.82) is 0 Å². The van der Waals surface area contributed by atoms with Crippen LogP contribution in [-0.4, -0.2) is 29.9 Å². The zero-order valence-corrected chi connectivity index (χ0v) is 8.34. The van der Waals surface area contributed by atoms with E-state index in [9.17, 15) is 9.59 Å². The lowest BCUT2D eigenvalue weighted by molar-refractivity contribution is -0.118. The number of carbonyl (C=O) groups excluding carboxylic acids is 2. The van der Waals surface area contributed by atoms with Crippen LogP contribution in [0.4, 0.5) is 4.79 Å². The molecular formula is C9H10N2O2S. The summed E-state index contributed by atoms with van der Waals surface area (Å²) < 4.78 is 0. The van der Waals surface area contributed by atoms with E-state index in [-0.39, 0.29) is 18.5 Å². The summed E-state index contributed by atoms with van der Waals surface area (Å²) in [6, 6.07) is 1.76. The molecule has 0 aliphatic carbocycles. The fourth-order valence-electron chi connectivity index (χ4n) is 1.36. The molecule has 4 nitrogen and oxygen atoms in total. The molecule has 5 heteroatoms. The molecule has 0 atom stereocenters. The molecule has 14 heavy (non-hydrogen) atoms. The lowest BCUT2D eigenvalue weighted by atomic mass is 10.2. The average Bonchev–Trinajstić information content (AvgIpc) is 2.72. The van der Waals surface area contributed by atoms with Gasteiger partial charge in [0, 0.05) is 6.54 Å². The summed E-state index contributed by atoms with van der Waals surface area (Å²) in [5, 5.41) is 6.30. The number of nitrogens with zero attached hydrogens (tertiary/aromatic N) is 1. The van der Waals surface area contributed by atoms with E-state index in [0.717, 1.165) is 6.42 Å². The van der Waals surface area contributed by atoms with E-state index in [1.54, 1.807) is 11.3 Å². The van der Waals surface area contributed by atoms with Crippen LogP contribution >= 0.6 is 11.3 Å². The van der Waals surface area contributed by atoms with E-state index in [1.165, 1.54) is 10.5 Å². The highest BCUT2D eigenvalue weighted by molar-refractivity contribution is 7.07. The largest absolute Gasteiger partial charge is 0.324 e. The Morgan fingerprint density at radius 1 is 1.50 bits per heavy atom. The maximum absolute atomic E-state index is 11.1. The first-order valence-corrected chi connectivity index (χ1v) is 5.30. The van der Waals surface area contributed by atoms with Crippen LogP contribution in [-0.2, 0) is 11.2 Å². The lowest BCUT2D eigenvalue weighted by Gasteiger charge is -2.11. The topological polar surface area (TPSA) is 49.4 Å². The molecule has 0 aromatic carbocycles. The molecule has 1 N–H and O–H groups in total. The van der Waals surface area contributed by atoms with Gasteiger partial charge in [0.05, 0.1) is 0 Å². The molecule has 0 radical (unpaired) electrons. The minimum Gasteiger partial charge on any atom is -0.315 e. The van der Waals surface area contributed by atoms with Crippen molar-refractivity contribution in [1.82, 2.24) is 10.2 Å². The number of imide groups is 1. The molecule has 1 aromatic rings. The molecule has 0 spiro atoms. The van der Waals surface area contributed by atoms with E-state index < -0.39 is 0 Å². The van der Waals surface area contributed by atoms with Gasteiger partial charge in [-0.2, -0.15) is 11.3 Å². The molecule has 1 aliphatic rings. The fraction of sp³-hybridized carbons (Fsp3) is 0.333. The van der Waals surface area contributed by atoms with E-state index >= 15 is 0 Å². The van der Waals surface area contributed by atoms with Gasteiger partial charge in [-0.3, -0.25) is 10.1 Å². The molecule has 0 unspecified atom stereocenters. The van der Waals surface area contributed by atoms with E-state index in [2.05, 4.69) is 10.7 Å². The molecule has 0 bridgehead atoms. The number of hydrogen-bond donors (Lipinski definition) is 1. The molecule has 74 valence electrons. The first-order valence-electron chi connectivity index (χ1n) is 4.35. The normalized spacial score (nSPS) is 16.1. The highest BCUT2D eigenvalue weighted by Crippen LogP contribution is 2.08. The van der Waals surface area contributed by atoms with Gasteiger partial charge in [0.25, 0.3) is 0 Å². The van der Waals surface area contributed by atoms with Gasteiger partial charge in [0.15, 0.2) is 0 Å². The first-order chi connectivity index (χ1) is 6.75. The van der Waals surface area contributed by atoms with Crippen molar-refractivity contribution in [2.45, 2.75) is 6.42 Å². The fourth-order valence-corrected chi connectivity index (χ4v) is 2.07. The number of carbonyl (C=O) groups is 2. The van der Waals surface area contributed by atoms with Crippen LogP contribution in [0.5, 0.6) is 0 Å². The maximum atomic E-state index is 11.1. The summed E-state index contributed by atoms with van der Waals surface area (Å²) >= 11 is 1.64. The Kier molecular flexibility index (Phi) is 2.49. The number of thiophene rings is 1. The van der Waals surface area contributed by atoms with Gasteiger partial charge in [-0.1, -0.05) is 0 Å². The van der Waals surface area contributed by atoms with Crippen LogP contribution in [0, 0.1) is 0 Å². The number of rotatable bonds is 3. The van der Waals surface area contributed by atoms with Gasteiger partial charge in [0.1, 0.15) is 6.54 Å². The van der Waals surface area contributed by atoms with Crippen LogP contribution in [0.3, 0.4) is 0 Å². The Hall–Kier alpha value is -1.36. The first kappa shape index (κ1) is 9.21. The number of nitrogens with one attached hydrogen (secondary N) is 1. The van der Waals surface area contributed by atoms with Crippen molar-refractivity contribution in [2.24, 2.45) is 0 Å². The summed E-state index contributed by atoms with van der Waals surface area (Å²) in [4.78, 5) is 23.5. The van der Waals surface area contributed by atoms with Crippen molar-refractivity contribution in [3.8, 4) is 0 Å². The van der Waals surface area contributed by atoms with Gasteiger partial charge >= 0.3 is 6.03 Å². The van der Waals surface area contributed by atoms with Gasteiger partial charge < -0.3 is 4.90 Å². The second-order valence-electron chi connectivity index (χ2n) is 3.16. The predicted molar refractivity (Wildman–Crippen MR) is 53.1 cm³/mol. The molecule has 2 rings (SSSR count). The maximum Gasteiger partial charge on any atom is 0.324 e. The molecular weight excluding hydrogens is 200 g/mol. The van der Waals surface area contributed by atoms with E-state index in [4.69, 9.17) is 0 Å². The summed E-state index contributed by atoms with van der Waals surface area (Å²) in [7, 11) is 0. The molecule has 1 aromatic heterocycles. The highest BCUT2D eigenvalue weighted by Gasteiger charge is 2.25. The Bertz CT molecular complexity index is 348. The van der Waals surface area contributed by atoms with Crippen molar-refractivity contribution in [3.05, 3.63) is 22.4 Å². The molecule has 2 heterocycles. The van der Waals surface area contributed by atoms with Crippen molar-refractivity contribution in [2.75, 3.05) is 13.1 Å². The summed E-state index contributed by atoms with van der Waals surface area (Å²) in [5.74, 6) is -0.208. The second-order valence-corrected chi connectivity index (χ2v) is 3.94. The molecule has 1 aliphatic heterocycles. The van der Waals surface area contributed by atoms with Gasteiger partial charge in [-0.15, -0.1) is 0 Å². The monoisotopic (exact) mass is 210 g/mol. The summed E-state index contributed by atoms with van der Waals surface area (Å²) in [5.41, 5.74) is 1.21. The van der Waals surface area contributed by atoms with E-state index in [1.807, 2.05) is 11.4 Å². The summed E-state index contributed by atoms with van der Waals surface area (Å²) in [6.07, 6.45) is 0.810. The van der Waals surface area contributed by atoms with Crippen LogP contribution in [0.25, 0.3) is 0 Å². The van der Waals surface area contributed by atoms with E-state index in [0.29, 0.717) is 6.54 Å². The minimum absolute atomic E-state index is 0.197. The third-order valence-electron chi connectivity index (χ3n) is 2.12. The predicted octanol–water partition coefficient (Wildman–Crippen LogP) is 0.842. The third-order valence-corrected chi connectivity index (χ3v) is 2.85. The molecule has 1 fully saturated rings. The number of amides is 3. The zero-order chi connectivity index (χ0) is 9.97. The summed E-state index contributed by atoms with van der Waals surface area (Å²) in [6.45, 7) is 0.803. The van der Waals surface area contributed by atoms with Crippen LogP contribution in [0.15, 0.2) is 16.8 Å². The minimum atomic E-state index is -0.273. The Labute approximate surface area is 85.5 Å². The molecule has 1 saturated heterocycles. The van der Waals surface area contributed by atoms with Crippen LogP contribution in [0.2, 0.25) is 0 Å². The molecule has 3 amide bonds. The third kappa shape index (κ3) is 1.93. The Morgan fingerprint density at radius 3 is 2.93 bits per heavy atom. The Balaban J connectivity index is 1.87. The lowest BCUT2D eigenvalue weighted by Crippen LogP contribution is -2.29. The second kappa shape index (κ2) is 3.79. The zero-order valence-electron chi connectivity index (χ0n) is 7.53. The van der Waals surface area contributed by atoms with Crippen LogP contribution in [0.1, 0.15) is 5.56 Å². The number of urea groups is 1. The van der Waals surface area contributed by atoms with Crippen molar-refractivity contribution >= 4 is 23.3 Å². The van der Waals surface area contributed by atoms with Crippen molar-refractivity contribution in [3.63, 3.8) is 0 Å². The quantitative estimate of drug-likeness (QED) is 0.752. The van der Waals surface area contributed by atoms with Gasteiger partial charge in [0.2, 0.25) is 5.91 Å². The number of hydrogen-bond acceptors (Lipinski definition) is 3. The highest BCUT2D eigenvalue weighted by atomic mass is 32.1. The van der Waals surface area contributed by atoms with Gasteiger partial charge in [-0.05, 0) is 28.8 Å². The smallest absolute Gasteiger partial charge is 0.315 e. The molecule has 0 saturated carbocycles. The average molecular weight is 210 g/mol. The SMILES string of the molecule is O=C1CN(CCc2ccsc2)C(=O)N1.